The first-order chi connectivity index (χ1) is 11.7. The van der Waals surface area contributed by atoms with E-state index in [4.69, 9.17) is 0 Å². The fourth-order valence-electron chi connectivity index (χ4n) is 3.77. The second-order valence-electron chi connectivity index (χ2n) is 7.41. The molecule has 1 aromatic carbocycles. The summed E-state index contributed by atoms with van der Waals surface area (Å²) in [6, 6.07) is 5.06. The number of amides is 1. The number of sulfonamides is 1. The van der Waals surface area contributed by atoms with Gasteiger partial charge in [-0.15, -0.1) is 0 Å². The highest BCUT2D eigenvalue weighted by Gasteiger charge is 2.43. The molecule has 0 radical (unpaired) electrons. The van der Waals surface area contributed by atoms with Crippen LogP contribution in [-0.2, 0) is 20.2 Å². The minimum atomic E-state index is -3.53. The number of fused-ring (bicyclic) bond motifs is 1. The van der Waals surface area contributed by atoms with Crippen molar-refractivity contribution in [2.45, 2.75) is 37.5 Å². The molecule has 0 aliphatic carbocycles. The highest BCUT2D eigenvalue weighted by molar-refractivity contribution is 7.89. The molecule has 2 aliphatic rings. The molecule has 3 rings (SSSR count). The number of carbonyl (C=O) groups excluding carboxylic acids is 1. The van der Waals surface area contributed by atoms with Crippen LogP contribution in [0, 0.1) is 0 Å². The maximum Gasteiger partial charge on any atom is 0.243 e. The lowest BCUT2D eigenvalue weighted by atomic mass is 9.86. The average Bonchev–Trinajstić information content (AvgIpc) is 2.76. The Morgan fingerprint density at radius 2 is 1.76 bits per heavy atom. The molecular formula is C18H27N3O3S. The molecule has 138 valence electrons. The molecule has 2 aliphatic heterocycles. The van der Waals surface area contributed by atoms with Crippen LogP contribution in [0.2, 0.25) is 0 Å². The summed E-state index contributed by atoms with van der Waals surface area (Å²) in [6.07, 6.45) is 1.08. The maximum absolute atomic E-state index is 13.0. The van der Waals surface area contributed by atoms with Crippen LogP contribution in [0.1, 0.15) is 32.8 Å². The van der Waals surface area contributed by atoms with E-state index in [-0.39, 0.29) is 10.8 Å². The standard InChI is InChI=1S/C18H27N3O3S/c1-5-8-20-9-11-21(12-10-20)25(23,24)14-6-7-16-15(13-14)18(2,3)17(22)19(16)4/h6-7,13H,5,8-12H2,1-4H3. The summed E-state index contributed by atoms with van der Waals surface area (Å²) < 4.78 is 27.6. The largest absolute Gasteiger partial charge is 0.314 e. The topological polar surface area (TPSA) is 60.9 Å². The Hall–Kier alpha value is -1.44. The quantitative estimate of drug-likeness (QED) is 0.814. The number of likely N-dealkylation sites (N-methyl/N-ethyl adjacent to an activating group) is 1. The van der Waals surface area contributed by atoms with E-state index in [9.17, 15) is 13.2 Å². The molecule has 1 fully saturated rings. The van der Waals surface area contributed by atoms with E-state index in [1.54, 1.807) is 34.5 Å². The molecule has 25 heavy (non-hydrogen) atoms. The number of carbonyl (C=O) groups is 1. The van der Waals surface area contributed by atoms with Crippen LogP contribution in [0.4, 0.5) is 5.69 Å². The number of rotatable bonds is 4. The number of anilines is 1. The van der Waals surface area contributed by atoms with E-state index in [0.29, 0.717) is 13.1 Å². The minimum Gasteiger partial charge on any atom is -0.314 e. The van der Waals surface area contributed by atoms with Gasteiger partial charge in [-0.2, -0.15) is 4.31 Å². The van der Waals surface area contributed by atoms with Crippen LogP contribution in [0.5, 0.6) is 0 Å². The first-order valence-electron chi connectivity index (χ1n) is 8.84. The lowest BCUT2D eigenvalue weighted by Gasteiger charge is -2.33. The van der Waals surface area contributed by atoms with Crippen molar-refractivity contribution in [1.29, 1.82) is 0 Å². The van der Waals surface area contributed by atoms with E-state index >= 15 is 0 Å². The van der Waals surface area contributed by atoms with Crippen molar-refractivity contribution in [3.8, 4) is 0 Å². The monoisotopic (exact) mass is 365 g/mol. The fraction of sp³-hybridized carbons (Fsp3) is 0.611. The Morgan fingerprint density at radius 1 is 1.12 bits per heavy atom. The molecule has 6 nitrogen and oxygen atoms in total. The van der Waals surface area contributed by atoms with Crippen molar-refractivity contribution in [3.05, 3.63) is 23.8 Å². The number of hydrogen-bond donors (Lipinski definition) is 0. The third kappa shape index (κ3) is 2.98. The van der Waals surface area contributed by atoms with Crippen molar-refractivity contribution in [1.82, 2.24) is 9.21 Å². The van der Waals surface area contributed by atoms with E-state index in [0.717, 1.165) is 37.3 Å². The van der Waals surface area contributed by atoms with Crippen molar-refractivity contribution in [2.24, 2.45) is 0 Å². The van der Waals surface area contributed by atoms with Gasteiger partial charge in [0.2, 0.25) is 15.9 Å². The zero-order valence-electron chi connectivity index (χ0n) is 15.4. The van der Waals surface area contributed by atoms with Gasteiger partial charge in [-0.25, -0.2) is 8.42 Å². The number of hydrogen-bond acceptors (Lipinski definition) is 4. The van der Waals surface area contributed by atoms with Gasteiger partial charge in [-0.3, -0.25) is 4.79 Å². The highest BCUT2D eigenvalue weighted by Crippen LogP contribution is 2.41. The van der Waals surface area contributed by atoms with Gasteiger partial charge in [0.25, 0.3) is 0 Å². The third-order valence-electron chi connectivity index (χ3n) is 5.35. The fourth-order valence-corrected chi connectivity index (χ4v) is 5.22. The molecule has 0 spiro atoms. The van der Waals surface area contributed by atoms with Crippen LogP contribution in [0.15, 0.2) is 23.1 Å². The Kier molecular flexibility index (Phi) is 4.68. The molecule has 2 heterocycles. The van der Waals surface area contributed by atoms with Crippen LogP contribution in [-0.4, -0.2) is 63.3 Å². The average molecular weight is 365 g/mol. The van der Waals surface area contributed by atoms with E-state index < -0.39 is 15.4 Å². The lowest BCUT2D eigenvalue weighted by Crippen LogP contribution is -2.48. The summed E-state index contributed by atoms with van der Waals surface area (Å²) in [5, 5.41) is 0. The predicted molar refractivity (Wildman–Crippen MR) is 98.4 cm³/mol. The first-order valence-corrected chi connectivity index (χ1v) is 10.3. The minimum absolute atomic E-state index is 0.00905. The Morgan fingerprint density at radius 3 is 2.36 bits per heavy atom. The van der Waals surface area contributed by atoms with Crippen LogP contribution in [0.3, 0.4) is 0 Å². The van der Waals surface area contributed by atoms with Crippen molar-refractivity contribution in [3.63, 3.8) is 0 Å². The van der Waals surface area contributed by atoms with E-state index in [1.165, 1.54) is 0 Å². The summed E-state index contributed by atoms with van der Waals surface area (Å²) in [4.78, 5) is 16.6. The molecule has 0 N–H and O–H groups in total. The number of benzene rings is 1. The Labute approximate surface area is 150 Å². The predicted octanol–water partition coefficient (Wildman–Crippen LogP) is 1.66. The highest BCUT2D eigenvalue weighted by atomic mass is 32.2. The van der Waals surface area contributed by atoms with Gasteiger partial charge in [0.1, 0.15) is 0 Å². The molecule has 0 saturated carbocycles. The van der Waals surface area contributed by atoms with Gasteiger partial charge < -0.3 is 9.80 Å². The van der Waals surface area contributed by atoms with E-state index in [1.807, 2.05) is 13.8 Å². The van der Waals surface area contributed by atoms with Crippen LogP contribution in [0.25, 0.3) is 0 Å². The Balaban J connectivity index is 1.88. The zero-order chi connectivity index (χ0) is 18.4. The maximum atomic E-state index is 13.0. The van der Waals surface area contributed by atoms with Crippen LogP contribution >= 0.6 is 0 Å². The van der Waals surface area contributed by atoms with Crippen molar-refractivity contribution >= 4 is 21.6 Å². The third-order valence-corrected chi connectivity index (χ3v) is 7.25. The normalized spacial score (nSPS) is 21.6. The van der Waals surface area contributed by atoms with Crippen LogP contribution < -0.4 is 4.90 Å². The van der Waals surface area contributed by atoms with Crippen molar-refractivity contribution in [2.75, 3.05) is 44.7 Å². The van der Waals surface area contributed by atoms with Gasteiger partial charge >= 0.3 is 0 Å². The second kappa shape index (κ2) is 6.37. The van der Waals surface area contributed by atoms with Gasteiger partial charge in [-0.05, 0) is 50.6 Å². The molecule has 0 aromatic heterocycles. The van der Waals surface area contributed by atoms with E-state index in [2.05, 4.69) is 11.8 Å². The molecule has 0 bridgehead atoms. The first kappa shape index (κ1) is 18.4. The molecule has 0 atom stereocenters. The van der Waals surface area contributed by atoms with Gasteiger partial charge in [-0.1, -0.05) is 6.92 Å². The van der Waals surface area contributed by atoms with Gasteiger partial charge in [0, 0.05) is 38.9 Å². The SMILES string of the molecule is CCCN1CCN(S(=O)(=O)c2ccc3c(c2)C(C)(C)C(=O)N3C)CC1. The second-order valence-corrected chi connectivity index (χ2v) is 9.35. The molecular weight excluding hydrogens is 338 g/mol. The van der Waals surface area contributed by atoms with Gasteiger partial charge in [0.05, 0.1) is 10.3 Å². The zero-order valence-corrected chi connectivity index (χ0v) is 16.3. The molecule has 7 heteroatoms. The Bertz CT molecular complexity index is 781. The number of nitrogens with zero attached hydrogens (tertiary/aromatic N) is 3. The number of piperazine rings is 1. The lowest BCUT2D eigenvalue weighted by molar-refractivity contribution is -0.121. The summed E-state index contributed by atoms with van der Waals surface area (Å²) in [5.41, 5.74) is 0.877. The summed E-state index contributed by atoms with van der Waals surface area (Å²) in [7, 11) is -1.80. The summed E-state index contributed by atoms with van der Waals surface area (Å²) in [6.45, 7) is 9.40. The molecule has 0 unspecified atom stereocenters. The summed E-state index contributed by atoms with van der Waals surface area (Å²) in [5.74, 6) is -0.00905. The molecule has 1 saturated heterocycles. The van der Waals surface area contributed by atoms with Gasteiger partial charge in [0.15, 0.2) is 0 Å². The molecule has 1 aromatic rings. The smallest absolute Gasteiger partial charge is 0.243 e. The summed E-state index contributed by atoms with van der Waals surface area (Å²) >= 11 is 0. The van der Waals surface area contributed by atoms with Crippen molar-refractivity contribution < 1.29 is 13.2 Å². The molecule has 1 amide bonds.